The number of hydrogen-bond donors (Lipinski definition) is 2. The number of carbonyl (C=O) groups is 1. The first kappa shape index (κ1) is 14.1. The molecule has 0 radical (unpaired) electrons. The van der Waals surface area contributed by atoms with Gasteiger partial charge in [0.25, 0.3) is 5.69 Å². The molecule has 1 aliphatic heterocycles. The Morgan fingerprint density at radius 2 is 2.30 bits per heavy atom. The summed E-state index contributed by atoms with van der Waals surface area (Å²) in [6, 6.07) is 4.89. The molecule has 2 rings (SSSR count). The standard InChI is InChI=1S/C13H17N3O4/c1-9-4-5-11(12(7-9)16(19)20)14-10-3-2-6-15(8-10)13(17)18/h4-5,7,10,14H,2-3,6,8H2,1H3,(H,17,18). The second kappa shape index (κ2) is 5.77. The molecule has 0 spiro atoms. The van der Waals surface area contributed by atoms with Gasteiger partial charge in [-0.25, -0.2) is 4.79 Å². The monoisotopic (exact) mass is 279 g/mol. The number of nitro benzene ring substituents is 1. The van der Waals surface area contributed by atoms with Crippen LogP contribution >= 0.6 is 0 Å². The predicted molar refractivity (Wildman–Crippen MR) is 74.1 cm³/mol. The molecule has 1 atom stereocenters. The highest BCUT2D eigenvalue weighted by Gasteiger charge is 2.25. The molecule has 20 heavy (non-hydrogen) atoms. The second-order valence-corrected chi connectivity index (χ2v) is 4.99. The van der Waals surface area contributed by atoms with Crippen LogP contribution in [0.4, 0.5) is 16.2 Å². The zero-order valence-corrected chi connectivity index (χ0v) is 11.2. The Bertz CT molecular complexity index is 532. The summed E-state index contributed by atoms with van der Waals surface area (Å²) in [4.78, 5) is 22.9. The molecule has 0 aliphatic carbocycles. The molecule has 1 saturated heterocycles. The molecule has 1 aromatic carbocycles. The van der Waals surface area contributed by atoms with E-state index >= 15 is 0 Å². The molecular formula is C13H17N3O4. The van der Waals surface area contributed by atoms with Crippen LogP contribution in [0.15, 0.2) is 18.2 Å². The first-order valence-corrected chi connectivity index (χ1v) is 6.47. The zero-order valence-electron chi connectivity index (χ0n) is 11.2. The van der Waals surface area contributed by atoms with E-state index in [4.69, 9.17) is 5.11 Å². The largest absolute Gasteiger partial charge is 0.465 e. The van der Waals surface area contributed by atoms with E-state index in [1.165, 1.54) is 11.0 Å². The summed E-state index contributed by atoms with van der Waals surface area (Å²) >= 11 is 0. The van der Waals surface area contributed by atoms with Gasteiger partial charge in [-0.15, -0.1) is 0 Å². The zero-order chi connectivity index (χ0) is 14.7. The van der Waals surface area contributed by atoms with E-state index in [2.05, 4.69) is 5.32 Å². The first-order chi connectivity index (χ1) is 9.47. The summed E-state index contributed by atoms with van der Waals surface area (Å²) in [7, 11) is 0. The van der Waals surface area contributed by atoms with Crippen molar-refractivity contribution in [1.29, 1.82) is 0 Å². The van der Waals surface area contributed by atoms with E-state index < -0.39 is 11.0 Å². The van der Waals surface area contributed by atoms with Gasteiger partial charge in [-0.1, -0.05) is 6.07 Å². The summed E-state index contributed by atoms with van der Waals surface area (Å²) in [6.45, 7) is 2.66. The van der Waals surface area contributed by atoms with Crippen molar-refractivity contribution in [2.75, 3.05) is 18.4 Å². The summed E-state index contributed by atoms with van der Waals surface area (Å²) in [6.07, 6.45) is 0.605. The lowest BCUT2D eigenvalue weighted by Crippen LogP contribution is -2.44. The van der Waals surface area contributed by atoms with Gasteiger partial charge in [0.05, 0.1) is 4.92 Å². The van der Waals surface area contributed by atoms with Crippen molar-refractivity contribution in [2.45, 2.75) is 25.8 Å². The van der Waals surface area contributed by atoms with E-state index in [1.807, 2.05) is 0 Å². The third-order valence-electron chi connectivity index (χ3n) is 3.40. The van der Waals surface area contributed by atoms with E-state index in [-0.39, 0.29) is 11.7 Å². The molecule has 7 nitrogen and oxygen atoms in total. The van der Waals surface area contributed by atoms with Gasteiger partial charge in [0, 0.05) is 25.2 Å². The van der Waals surface area contributed by atoms with Gasteiger partial charge in [0.1, 0.15) is 5.69 Å². The Balaban J connectivity index is 2.13. The summed E-state index contributed by atoms with van der Waals surface area (Å²) in [5.74, 6) is 0. The third-order valence-corrected chi connectivity index (χ3v) is 3.40. The number of anilines is 1. The number of amides is 1. The van der Waals surface area contributed by atoms with Gasteiger partial charge >= 0.3 is 6.09 Å². The molecule has 1 unspecified atom stereocenters. The molecule has 0 aromatic heterocycles. The van der Waals surface area contributed by atoms with Crippen LogP contribution in [0.1, 0.15) is 18.4 Å². The van der Waals surface area contributed by atoms with Crippen LogP contribution in [0.5, 0.6) is 0 Å². The SMILES string of the molecule is Cc1ccc(NC2CCCN(C(=O)O)C2)c([N+](=O)[O-])c1. The highest BCUT2D eigenvalue weighted by atomic mass is 16.6. The third kappa shape index (κ3) is 3.17. The van der Waals surface area contributed by atoms with Crippen LogP contribution in [0.3, 0.4) is 0 Å². The summed E-state index contributed by atoms with van der Waals surface area (Å²) in [5, 5.41) is 23.1. The molecule has 2 N–H and O–H groups in total. The minimum Gasteiger partial charge on any atom is -0.465 e. The van der Waals surface area contributed by atoms with Gasteiger partial charge in [0.15, 0.2) is 0 Å². The fourth-order valence-corrected chi connectivity index (χ4v) is 2.40. The average Bonchev–Trinajstić information content (AvgIpc) is 2.41. The smallest absolute Gasteiger partial charge is 0.407 e. The van der Waals surface area contributed by atoms with Crippen LogP contribution in [0.2, 0.25) is 0 Å². The number of hydrogen-bond acceptors (Lipinski definition) is 4. The Morgan fingerprint density at radius 3 is 2.95 bits per heavy atom. The minimum atomic E-state index is -0.949. The maximum atomic E-state index is 11.0. The van der Waals surface area contributed by atoms with Gasteiger partial charge in [-0.2, -0.15) is 0 Å². The van der Waals surface area contributed by atoms with Crippen LogP contribution in [-0.4, -0.2) is 40.2 Å². The van der Waals surface area contributed by atoms with E-state index in [1.54, 1.807) is 19.1 Å². The number of piperidine rings is 1. The molecule has 1 amide bonds. The van der Waals surface area contributed by atoms with E-state index in [9.17, 15) is 14.9 Å². The van der Waals surface area contributed by atoms with Crippen molar-refractivity contribution in [1.82, 2.24) is 4.90 Å². The minimum absolute atomic E-state index is 0.0254. The Labute approximate surface area is 116 Å². The maximum absolute atomic E-state index is 11.0. The predicted octanol–water partition coefficient (Wildman–Crippen LogP) is 2.46. The number of nitro groups is 1. The normalized spacial score (nSPS) is 18.6. The molecule has 0 saturated carbocycles. The number of likely N-dealkylation sites (tertiary alicyclic amines) is 1. The number of benzene rings is 1. The fraction of sp³-hybridized carbons (Fsp3) is 0.462. The highest BCUT2D eigenvalue weighted by molar-refractivity contribution is 5.66. The highest BCUT2D eigenvalue weighted by Crippen LogP contribution is 2.27. The topological polar surface area (TPSA) is 95.7 Å². The number of nitrogens with one attached hydrogen (secondary N) is 1. The van der Waals surface area contributed by atoms with Crippen LogP contribution in [0.25, 0.3) is 0 Å². The fourth-order valence-electron chi connectivity index (χ4n) is 2.40. The van der Waals surface area contributed by atoms with Gasteiger partial charge < -0.3 is 15.3 Å². The van der Waals surface area contributed by atoms with Crippen molar-refractivity contribution >= 4 is 17.5 Å². The Morgan fingerprint density at radius 1 is 1.55 bits per heavy atom. The van der Waals surface area contributed by atoms with Crippen molar-refractivity contribution in [3.8, 4) is 0 Å². The van der Waals surface area contributed by atoms with Gasteiger partial charge in [0.2, 0.25) is 0 Å². The molecule has 0 bridgehead atoms. The number of nitrogens with zero attached hydrogens (tertiary/aromatic N) is 2. The van der Waals surface area contributed by atoms with E-state index in [0.29, 0.717) is 18.8 Å². The van der Waals surface area contributed by atoms with Gasteiger partial charge in [-0.3, -0.25) is 10.1 Å². The van der Waals surface area contributed by atoms with E-state index in [0.717, 1.165) is 18.4 Å². The number of aryl methyl sites for hydroxylation is 1. The summed E-state index contributed by atoms with van der Waals surface area (Å²) < 4.78 is 0. The number of rotatable bonds is 3. The van der Waals surface area contributed by atoms with Crippen LogP contribution in [-0.2, 0) is 0 Å². The maximum Gasteiger partial charge on any atom is 0.407 e. The lowest BCUT2D eigenvalue weighted by molar-refractivity contribution is -0.384. The Kier molecular flexibility index (Phi) is 4.07. The molecule has 1 heterocycles. The summed E-state index contributed by atoms with van der Waals surface area (Å²) in [5.41, 5.74) is 1.29. The average molecular weight is 279 g/mol. The molecule has 1 fully saturated rings. The molecule has 1 aliphatic rings. The molecule has 108 valence electrons. The van der Waals surface area contributed by atoms with Crippen molar-refractivity contribution in [3.63, 3.8) is 0 Å². The van der Waals surface area contributed by atoms with Crippen molar-refractivity contribution in [3.05, 3.63) is 33.9 Å². The molecular weight excluding hydrogens is 262 g/mol. The number of carboxylic acid groups (broad SMARTS) is 1. The lowest BCUT2D eigenvalue weighted by atomic mass is 10.1. The molecule has 7 heteroatoms. The van der Waals surface area contributed by atoms with Crippen molar-refractivity contribution < 1.29 is 14.8 Å². The Hall–Kier alpha value is -2.31. The van der Waals surface area contributed by atoms with Crippen LogP contribution < -0.4 is 5.32 Å². The van der Waals surface area contributed by atoms with Gasteiger partial charge in [-0.05, 0) is 31.4 Å². The van der Waals surface area contributed by atoms with Crippen molar-refractivity contribution in [2.24, 2.45) is 0 Å². The van der Waals surface area contributed by atoms with Crippen LogP contribution in [0, 0.1) is 17.0 Å². The first-order valence-electron chi connectivity index (χ1n) is 6.47. The molecule has 1 aromatic rings. The quantitative estimate of drug-likeness (QED) is 0.654. The second-order valence-electron chi connectivity index (χ2n) is 4.99. The lowest BCUT2D eigenvalue weighted by Gasteiger charge is -2.31.